The van der Waals surface area contributed by atoms with E-state index in [0.29, 0.717) is 11.3 Å². The van der Waals surface area contributed by atoms with Gasteiger partial charge in [0.05, 0.1) is 17.2 Å². The molecule has 0 aliphatic rings. The van der Waals surface area contributed by atoms with E-state index >= 15 is 0 Å². The molecule has 1 N–H and O–H groups in total. The van der Waals surface area contributed by atoms with E-state index < -0.39 is 5.97 Å². The fraction of sp³-hybridized carbons (Fsp3) is 0.125. The summed E-state index contributed by atoms with van der Waals surface area (Å²) < 4.78 is 5.66. The Hall–Kier alpha value is -2.80. The third kappa shape index (κ3) is 2.96. The van der Waals surface area contributed by atoms with Crippen LogP contribution in [0.1, 0.15) is 27.0 Å². The van der Waals surface area contributed by atoms with Crippen molar-refractivity contribution in [2.45, 2.75) is 13.5 Å². The number of aryl methyl sites for hydroxylation is 1. The number of nitriles is 1. The molecule has 0 amide bonds. The predicted octanol–water partition coefficient (Wildman–Crippen LogP) is 3.14. The van der Waals surface area contributed by atoms with Crippen molar-refractivity contribution in [1.82, 2.24) is 0 Å². The van der Waals surface area contributed by atoms with Crippen molar-refractivity contribution in [3.8, 4) is 11.8 Å². The third-order valence-corrected chi connectivity index (χ3v) is 2.94. The first-order valence-electron chi connectivity index (χ1n) is 6.06. The first-order chi connectivity index (χ1) is 9.61. The summed E-state index contributed by atoms with van der Waals surface area (Å²) in [6.45, 7) is 2.06. The highest BCUT2D eigenvalue weighted by molar-refractivity contribution is 5.88. The van der Waals surface area contributed by atoms with Crippen LogP contribution in [0.5, 0.6) is 5.75 Å². The number of nitrogens with zero attached hydrogens (tertiary/aromatic N) is 1. The SMILES string of the molecule is Cc1cc(C(=O)O)ccc1OCc1ccccc1C#N. The molecule has 0 aliphatic heterocycles. The fourth-order valence-electron chi connectivity index (χ4n) is 1.86. The maximum Gasteiger partial charge on any atom is 0.335 e. The smallest absolute Gasteiger partial charge is 0.335 e. The second-order valence-electron chi connectivity index (χ2n) is 4.34. The van der Waals surface area contributed by atoms with Crippen molar-refractivity contribution in [2.24, 2.45) is 0 Å². The number of aromatic carboxylic acids is 1. The van der Waals surface area contributed by atoms with E-state index in [-0.39, 0.29) is 12.2 Å². The minimum atomic E-state index is -0.963. The molecule has 0 bridgehead atoms. The Morgan fingerprint density at radius 2 is 2.05 bits per heavy atom. The topological polar surface area (TPSA) is 70.3 Å². The number of carbonyl (C=O) groups is 1. The summed E-state index contributed by atoms with van der Waals surface area (Å²) in [6, 6.07) is 14.0. The van der Waals surface area contributed by atoms with Crippen LogP contribution in [0.15, 0.2) is 42.5 Å². The van der Waals surface area contributed by atoms with E-state index in [9.17, 15) is 4.79 Å². The van der Waals surface area contributed by atoms with Crippen molar-refractivity contribution in [3.63, 3.8) is 0 Å². The molecule has 20 heavy (non-hydrogen) atoms. The number of ether oxygens (including phenoxy) is 1. The summed E-state index contributed by atoms with van der Waals surface area (Å²) in [6.07, 6.45) is 0. The van der Waals surface area contributed by atoms with Gasteiger partial charge in [0.2, 0.25) is 0 Å². The van der Waals surface area contributed by atoms with Crippen LogP contribution in [0.4, 0.5) is 0 Å². The van der Waals surface area contributed by atoms with Gasteiger partial charge in [-0.05, 0) is 36.8 Å². The molecule has 0 aromatic heterocycles. The molecule has 0 heterocycles. The number of carboxylic acid groups (broad SMARTS) is 1. The number of carboxylic acids is 1. The monoisotopic (exact) mass is 267 g/mol. The lowest BCUT2D eigenvalue weighted by atomic mass is 10.1. The number of hydrogen-bond donors (Lipinski definition) is 1. The molecule has 0 radical (unpaired) electrons. The summed E-state index contributed by atoms with van der Waals surface area (Å²) >= 11 is 0. The van der Waals surface area contributed by atoms with E-state index in [1.165, 1.54) is 6.07 Å². The van der Waals surface area contributed by atoms with Crippen LogP contribution in [0.25, 0.3) is 0 Å². The van der Waals surface area contributed by atoms with E-state index in [1.807, 2.05) is 12.1 Å². The maximum absolute atomic E-state index is 10.9. The molecule has 2 aromatic rings. The van der Waals surface area contributed by atoms with Gasteiger partial charge in [-0.15, -0.1) is 0 Å². The van der Waals surface area contributed by atoms with Crippen molar-refractivity contribution >= 4 is 5.97 Å². The van der Waals surface area contributed by atoms with Gasteiger partial charge in [0.25, 0.3) is 0 Å². The molecule has 0 aliphatic carbocycles. The molecule has 0 atom stereocenters. The van der Waals surface area contributed by atoms with Crippen LogP contribution in [0.3, 0.4) is 0 Å². The molecule has 100 valence electrons. The van der Waals surface area contributed by atoms with E-state index in [1.54, 1.807) is 31.2 Å². The van der Waals surface area contributed by atoms with Gasteiger partial charge < -0.3 is 9.84 Å². The molecule has 0 unspecified atom stereocenters. The van der Waals surface area contributed by atoms with Crippen LogP contribution in [-0.4, -0.2) is 11.1 Å². The minimum Gasteiger partial charge on any atom is -0.489 e. The lowest BCUT2D eigenvalue weighted by Gasteiger charge is -2.10. The Kier molecular flexibility index (Phi) is 4.02. The summed E-state index contributed by atoms with van der Waals surface area (Å²) in [5.74, 6) is -0.350. The zero-order valence-electron chi connectivity index (χ0n) is 11.0. The highest BCUT2D eigenvalue weighted by Crippen LogP contribution is 2.21. The van der Waals surface area contributed by atoms with Crippen molar-refractivity contribution < 1.29 is 14.6 Å². The largest absolute Gasteiger partial charge is 0.489 e. The number of hydrogen-bond acceptors (Lipinski definition) is 3. The molecular formula is C16H13NO3. The van der Waals surface area contributed by atoms with E-state index in [4.69, 9.17) is 15.1 Å². The van der Waals surface area contributed by atoms with Gasteiger partial charge in [-0.2, -0.15) is 5.26 Å². The zero-order chi connectivity index (χ0) is 14.5. The normalized spacial score (nSPS) is 9.80. The van der Waals surface area contributed by atoms with Gasteiger partial charge in [-0.1, -0.05) is 18.2 Å². The molecular weight excluding hydrogens is 254 g/mol. The Morgan fingerprint density at radius 1 is 1.30 bits per heavy atom. The number of rotatable bonds is 4. The first kappa shape index (κ1) is 13.6. The second kappa shape index (κ2) is 5.89. The third-order valence-electron chi connectivity index (χ3n) is 2.94. The number of benzene rings is 2. The predicted molar refractivity (Wildman–Crippen MR) is 73.6 cm³/mol. The van der Waals surface area contributed by atoms with Gasteiger partial charge in [0.1, 0.15) is 12.4 Å². The summed E-state index contributed by atoms with van der Waals surface area (Å²) in [7, 11) is 0. The van der Waals surface area contributed by atoms with Gasteiger partial charge in [0.15, 0.2) is 0 Å². The standard InChI is InChI=1S/C16H13NO3/c1-11-8-12(16(18)19)6-7-15(11)20-10-14-5-3-2-4-13(14)9-17/h2-8H,10H2,1H3,(H,18,19). The lowest BCUT2D eigenvalue weighted by Crippen LogP contribution is -2.01. The molecule has 2 aromatic carbocycles. The van der Waals surface area contributed by atoms with Crippen molar-refractivity contribution in [2.75, 3.05) is 0 Å². The Balaban J connectivity index is 2.16. The highest BCUT2D eigenvalue weighted by atomic mass is 16.5. The average Bonchev–Trinajstić information content (AvgIpc) is 2.46. The second-order valence-corrected chi connectivity index (χ2v) is 4.34. The van der Waals surface area contributed by atoms with E-state index in [2.05, 4.69) is 6.07 Å². The molecule has 2 rings (SSSR count). The van der Waals surface area contributed by atoms with Gasteiger partial charge in [-0.3, -0.25) is 0 Å². The molecule has 0 spiro atoms. The summed E-state index contributed by atoms with van der Waals surface area (Å²) in [5.41, 5.74) is 2.36. The Bertz CT molecular complexity index is 686. The van der Waals surface area contributed by atoms with E-state index in [0.717, 1.165) is 11.1 Å². The minimum absolute atomic E-state index is 0.229. The Labute approximate surface area is 116 Å². The van der Waals surface area contributed by atoms with Crippen molar-refractivity contribution in [1.29, 1.82) is 5.26 Å². The van der Waals surface area contributed by atoms with Gasteiger partial charge in [-0.25, -0.2) is 4.79 Å². The van der Waals surface area contributed by atoms with Crippen LogP contribution in [0, 0.1) is 18.3 Å². The summed E-state index contributed by atoms with van der Waals surface area (Å²) in [5, 5.41) is 17.9. The van der Waals surface area contributed by atoms with Crippen LogP contribution in [-0.2, 0) is 6.61 Å². The summed E-state index contributed by atoms with van der Waals surface area (Å²) in [4.78, 5) is 10.9. The van der Waals surface area contributed by atoms with Gasteiger partial charge in [0, 0.05) is 5.56 Å². The molecule has 0 saturated heterocycles. The van der Waals surface area contributed by atoms with Gasteiger partial charge >= 0.3 is 5.97 Å². The fourth-order valence-corrected chi connectivity index (χ4v) is 1.86. The molecule has 0 fully saturated rings. The average molecular weight is 267 g/mol. The molecule has 4 heteroatoms. The molecule has 4 nitrogen and oxygen atoms in total. The highest BCUT2D eigenvalue weighted by Gasteiger charge is 2.07. The van der Waals surface area contributed by atoms with Crippen LogP contribution >= 0.6 is 0 Å². The molecule has 0 saturated carbocycles. The van der Waals surface area contributed by atoms with Crippen LogP contribution in [0.2, 0.25) is 0 Å². The zero-order valence-corrected chi connectivity index (χ0v) is 11.0. The maximum atomic E-state index is 10.9. The van der Waals surface area contributed by atoms with Crippen LogP contribution < -0.4 is 4.74 Å². The lowest BCUT2D eigenvalue weighted by molar-refractivity contribution is 0.0696. The quantitative estimate of drug-likeness (QED) is 0.923. The Morgan fingerprint density at radius 3 is 2.70 bits per heavy atom. The first-order valence-corrected chi connectivity index (χ1v) is 6.06. The van der Waals surface area contributed by atoms with Crippen molar-refractivity contribution in [3.05, 3.63) is 64.7 Å².